The lowest BCUT2D eigenvalue weighted by atomic mass is 10.4. The summed E-state index contributed by atoms with van der Waals surface area (Å²) in [7, 11) is 0. The molecule has 1 aromatic heterocycles. The summed E-state index contributed by atoms with van der Waals surface area (Å²) >= 11 is 0. The first kappa shape index (κ1) is 9.99. The third kappa shape index (κ3) is 4.48. The lowest BCUT2D eigenvalue weighted by Gasteiger charge is -2.08. The molecule has 0 amide bonds. The first-order chi connectivity index (χ1) is 6.29. The Labute approximate surface area is 79.1 Å². The molecular weight excluding hydrogens is 164 g/mol. The second kappa shape index (κ2) is 5.54. The number of ether oxygens (including phenoxy) is 1. The maximum atomic E-state index is 5.43. The van der Waals surface area contributed by atoms with Gasteiger partial charge in [-0.3, -0.25) is 4.98 Å². The number of hydrogen-bond acceptors (Lipinski definition) is 3. The van der Waals surface area contributed by atoms with Crippen LogP contribution in [0.2, 0.25) is 0 Å². The minimum atomic E-state index is 0.512. The molecule has 0 aliphatic rings. The molecule has 0 aliphatic carbocycles. The number of nitrogens with zero attached hydrogens (tertiary/aromatic N) is 1. The normalized spacial score (nSPS) is 10.4. The summed E-state index contributed by atoms with van der Waals surface area (Å²) in [5, 5.41) is 3.27. The van der Waals surface area contributed by atoms with Gasteiger partial charge in [0.2, 0.25) is 0 Å². The summed E-state index contributed by atoms with van der Waals surface area (Å²) in [6.45, 7) is 5.78. The fourth-order valence-corrected chi connectivity index (χ4v) is 0.949. The van der Waals surface area contributed by atoms with Crippen LogP contribution >= 0.6 is 0 Å². The Morgan fingerprint density at radius 1 is 1.54 bits per heavy atom. The van der Waals surface area contributed by atoms with Crippen LogP contribution in [0.1, 0.15) is 13.8 Å². The largest absolute Gasteiger partial charge is 0.491 e. The van der Waals surface area contributed by atoms with E-state index in [2.05, 4.69) is 24.1 Å². The first-order valence-electron chi connectivity index (χ1n) is 4.55. The molecule has 0 fully saturated rings. The molecule has 0 saturated carbocycles. The molecule has 13 heavy (non-hydrogen) atoms. The van der Waals surface area contributed by atoms with Crippen LogP contribution in [0.5, 0.6) is 5.75 Å². The molecule has 1 heterocycles. The maximum absolute atomic E-state index is 5.43. The summed E-state index contributed by atoms with van der Waals surface area (Å²) in [5.74, 6) is 0.827. The molecule has 0 atom stereocenters. The van der Waals surface area contributed by atoms with Gasteiger partial charge in [0.1, 0.15) is 12.4 Å². The molecule has 0 spiro atoms. The molecule has 0 aliphatic heterocycles. The van der Waals surface area contributed by atoms with Crippen molar-refractivity contribution in [2.24, 2.45) is 0 Å². The number of hydrogen-bond donors (Lipinski definition) is 1. The fourth-order valence-electron chi connectivity index (χ4n) is 0.949. The van der Waals surface area contributed by atoms with Gasteiger partial charge in [-0.25, -0.2) is 0 Å². The van der Waals surface area contributed by atoms with Gasteiger partial charge >= 0.3 is 0 Å². The van der Waals surface area contributed by atoms with Gasteiger partial charge in [-0.05, 0) is 12.1 Å². The van der Waals surface area contributed by atoms with Crippen LogP contribution in [0.15, 0.2) is 24.5 Å². The predicted molar refractivity (Wildman–Crippen MR) is 52.9 cm³/mol. The smallest absolute Gasteiger partial charge is 0.137 e. The number of nitrogens with one attached hydrogen (secondary N) is 1. The van der Waals surface area contributed by atoms with Gasteiger partial charge in [0, 0.05) is 18.8 Å². The van der Waals surface area contributed by atoms with Crippen LogP contribution in [-0.2, 0) is 0 Å². The van der Waals surface area contributed by atoms with Crippen LogP contribution in [-0.4, -0.2) is 24.2 Å². The topological polar surface area (TPSA) is 34.1 Å². The average Bonchev–Trinajstić information content (AvgIpc) is 2.14. The van der Waals surface area contributed by atoms with Crippen molar-refractivity contribution in [3.05, 3.63) is 24.5 Å². The second-order valence-corrected chi connectivity index (χ2v) is 3.15. The zero-order valence-electron chi connectivity index (χ0n) is 8.16. The van der Waals surface area contributed by atoms with E-state index in [-0.39, 0.29) is 0 Å². The van der Waals surface area contributed by atoms with E-state index in [0.717, 1.165) is 12.3 Å². The van der Waals surface area contributed by atoms with Crippen molar-refractivity contribution < 1.29 is 4.74 Å². The quantitative estimate of drug-likeness (QED) is 0.696. The number of aromatic nitrogens is 1. The fraction of sp³-hybridized carbons (Fsp3) is 0.500. The van der Waals surface area contributed by atoms with Gasteiger partial charge in [-0.2, -0.15) is 0 Å². The summed E-state index contributed by atoms with van der Waals surface area (Å²) in [6, 6.07) is 4.28. The lowest BCUT2D eigenvalue weighted by molar-refractivity contribution is 0.308. The standard InChI is InChI=1S/C10H16N2O/c1-9(2)12-6-7-13-10-4-3-5-11-8-10/h3-5,8-9,12H,6-7H2,1-2H3. The molecule has 1 N–H and O–H groups in total. The van der Waals surface area contributed by atoms with Crippen molar-refractivity contribution >= 4 is 0 Å². The summed E-state index contributed by atoms with van der Waals surface area (Å²) in [6.07, 6.45) is 3.45. The van der Waals surface area contributed by atoms with Crippen molar-refractivity contribution in [2.75, 3.05) is 13.2 Å². The Balaban J connectivity index is 2.13. The van der Waals surface area contributed by atoms with Gasteiger partial charge < -0.3 is 10.1 Å². The Hall–Kier alpha value is -1.09. The van der Waals surface area contributed by atoms with Crippen molar-refractivity contribution in [3.63, 3.8) is 0 Å². The monoisotopic (exact) mass is 180 g/mol. The molecule has 0 radical (unpaired) electrons. The first-order valence-corrected chi connectivity index (χ1v) is 4.55. The van der Waals surface area contributed by atoms with Crippen LogP contribution in [0.4, 0.5) is 0 Å². The van der Waals surface area contributed by atoms with Crippen LogP contribution in [0.25, 0.3) is 0 Å². The van der Waals surface area contributed by atoms with Crippen LogP contribution in [0, 0.1) is 0 Å². The van der Waals surface area contributed by atoms with E-state index in [9.17, 15) is 0 Å². The highest BCUT2D eigenvalue weighted by Gasteiger charge is 1.93. The van der Waals surface area contributed by atoms with Crippen LogP contribution < -0.4 is 10.1 Å². The summed E-state index contributed by atoms with van der Waals surface area (Å²) in [4.78, 5) is 3.95. The molecule has 1 rings (SSSR count). The molecule has 0 aromatic carbocycles. The van der Waals surface area contributed by atoms with Crippen molar-refractivity contribution in [1.29, 1.82) is 0 Å². The third-order valence-corrected chi connectivity index (χ3v) is 1.56. The molecule has 72 valence electrons. The Bertz CT molecular complexity index is 224. The summed E-state index contributed by atoms with van der Waals surface area (Å²) < 4.78 is 5.43. The van der Waals surface area contributed by atoms with E-state index >= 15 is 0 Å². The van der Waals surface area contributed by atoms with E-state index < -0.39 is 0 Å². The molecule has 3 heteroatoms. The average molecular weight is 180 g/mol. The van der Waals surface area contributed by atoms with Gasteiger partial charge in [-0.15, -0.1) is 0 Å². The zero-order chi connectivity index (χ0) is 9.52. The van der Waals surface area contributed by atoms with Gasteiger partial charge in [0.05, 0.1) is 6.20 Å². The van der Waals surface area contributed by atoms with Crippen molar-refractivity contribution in [1.82, 2.24) is 10.3 Å². The van der Waals surface area contributed by atoms with Crippen LogP contribution in [0.3, 0.4) is 0 Å². The minimum Gasteiger partial charge on any atom is -0.491 e. The van der Waals surface area contributed by atoms with Gasteiger partial charge in [0.15, 0.2) is 0 Å². The zero-order valence-corrected chi connectivity index (χ0v) is 8.16. The highest BCUT2D eigenvalue weighted by Crippen LogP contribution is 2.04. The molecule has 0 unspecified atom stereocenters. The van der Waals surface area contributed by atoms with E-state index in [1.807, 2.05) is 12.1 Å². The molecular formula is C10H16N2O. The Morgan fingerprint density at radius 3 is 3.00 bits per heavy atom. The van der Waals surface area contributed by atoms with Gasteiger partial charge in [0.25, 0.3) is 0 Å². The molecule has 0 saturated heterocycles. The number of rotatable bonds is 5. The predicted octanol–water partition coefficient (Wildman–Crippen LogP) is 1.46. The minimum absolute atomic E-state index is 0.512. The van der Waals surface area contributed by atoms with Crippen molar-refractivity contribution in [2.45, 2.75) is 19.9 Å². The number of pyridine rings is 1. The van der Waals surface area contributed by atoms with Crippen molar-refractivity contribution in [3.8, 4) is 5.75 Å². The third-order valence-electron chi connectivity index (χ3n) is 1.56. The second-order valence-electron chi connectivity index (χ2n) is 3.15. The van der Waals surface area contributed by atoms with E-state index in [4.69, 9.17) is 4.74 Å². The highest BCUT2D eigenvalue weighted by atomic mass is 16.5. The highest BCUT2D eigenvalue weighted by molar-refractivity contribution is 5.15. The van der Waals surface area contributed by atoms with E-state index in [0.29, 0.717) is 12.6 Å². The van der Waals surface area contributed by atoms with E-state index in [1.165, 1.54) is 0 Å². The van der Waals surface area contributed by atoms with Gasteiger partial charge in [-0.1, -0.05) is 13.8 Å². The maximum Gasteiger partial charge on any atom is 0.137 e. The lowest BCUT2D eigenvalue weighted by Crippen LogP contribution is -2.27. The Morgan fingerprint density at radius 2 is 2.38 bits per heavy atom. The van der Waals surface area contributed by atoms with E-state index in [1.54, 1.807) is 12.4 Å². The summed E-state index contributed by atoms with van der Waals surface area (Å²) in [5.41, 5.74) is 0. The Kier molecular flexibility index (Phi) is 4.26. The SMILES string of the molecule is CC(C)NCCOc1cccnc1. The molecule has 0 bridgehead atoms. The molecule has 1 aromatic rings. The molecule has 3 nitrogen and oxygen atoms in total.